The predicted octanol–water partition coefficient (Wildman–Crippen LogP) is 3.24. The van der Waals surface area contributed by atoms with Crippen LogP contribution in [0.4, 0.5) is 5.95 Å². The van der Waals surface area contributed by atoms with Gasteiger partial charge in [-0.25, -0.2) is 4.68 Å². The van der Waals surface area contributed by atoms with Gasteiger partial charge >= 0.3 is 0 Å². The van der Waals surface area contributed by atoms with Crippen molar-refractivity contribution in [3.05, 3.63) is 39.6 Å². The van der Waals surface area contributed by atoms with Gasteiger partial charge in [0.2, 0.25) is 5.95 Å². The molecule has 1 aliphatic rings. The molecule has 0 saturated carbocycles. The fraction of sp³-hybridized carbons (Fsp3) is 0.385. The fourth-order valence-electron chi connectivity index (χ4n) is 2.66. The number of methoxy groups -OCH3 is 1. The molecule has 0 aliphatic carbocycles. The SMILES string of the molecule is COC1CCC(c2cc(Cl)cc(Cl)c2)n2nc(N)nc21. The Morgan fingerprint density at radius 3 is 2.60 bits per heavy atom. The zero-order valence-electron chi connectivity index (χ0n) is 10.9. The summed E-state index contributed by atoms with van der Waals surface area (Å²) in [6.07, 6.45) is 1.64. The Kier molecular flexibility index (Phi) is 3.58. The number of benzene rings is 1. The van der Waals surface area contributed by atoms with Gasteiger partial charge in [-0.05, 0) is 36.6 Å². The summed E-state index contributed by atoms with van der Waals surface area (Å²) in [7, 11) is 1.66. The molecule has 0 saturated heterocycles. The summed E-state index contributed by atoms with van der Waals surface area (Å²) in [6.45, 7) is 0. The minimum absolute atomic E-state index is 0.0254. The highest BCUT2D eigenvalue weighted by Gasteiger charge is 2.31. The molecule has 2 unspecified atom stereocenters. The van der Waals surface area contributed by atoms with E-state index < -0.39 is 0 Å². The van der Waals surface area contributed by atoms with Gasteiger partial charge in [0.1, 0.15) is 6.10 Å². The summed E-state index contributed by atoms with van der Waals surface area (Å²) in [5, 5.41) is 5.50. The first-order valence-corrected chi connectivity index (χ1v) is 7.05. The Morgan fingerprint density at radius 1 is 1.25 bits per heavy atom. The van der Waals surface area contributed by atoms with Crippen molar-refractivity contribution in [2.24, 2.45) is 0 Å². The molecule has 20 heavy (non-hydrogen) atoms. The van der Waals surface area contributed by atoms with Crippen LogP contribution in [0.5, 0.6) is 0 Å². The lowest BCUT2D eigenvalue weighted by Gasteiger charge is -2.28. The van der Waals surface area contributed by atoms with E-state index in [0.717, 1.165) is 24.2 Å². The van der Waals surface area contributed by atoms with Gasteiger partial charge in [0.25, 0.3) is 0 Å². The lowest BCUT2D eigenvalue weighted by molar-refractivity contribution is 0.0649. The van der Waals surface area contributed by atoms with Crippen LogP contribution in [0.1, 0.15) is 36.4 Å². The maximum Gasteiger partial charge on any atom is 0.239 e. The molecule has 0 amide bonds. The summed E-state index contributed by atoms with van der Waals surface area (Å²) in [4.78, 5) is 4.26. The van der Waals surface area contributed by atoms with Gasteiger partial charge in [-0.1, -0.05) is 23.2 Å². The van der Waals surface area contributed by atoms with Crippen LogP contribution >= 0.6 is 23.2 Å². The molecule has 2 aromatic rings. The van der Waals surface area contributed by atoms with Gasteiger partial charge in [-0.15, -0.1) is 5.10 Å². The lowest BCUT2D eigenvalue weighted by Crippen LogP contribution is -2.24. The van der Waals surface area contributed by atoms with Gasteiger partial charge in [0.15, 0.2) is 5.82 Å². The number of aromatic nitrogens is 3. The van der Waals surface area contributed by atoms with Crippen molar-refractivity contribution in [3.63, 3.8) is 0 Å². The summed E-state index contributed by atoms with van der Waals surface area (Å²) < 4.78 is 7.25. The summed E-state index contributed by atoms with van der Waals surface area (Å²) in [5.41, 5.74) is 6.73. The maximum atomic E-state index is 6.08. The lowest BCUT2D eigenvalue weighted by atomic mass is 9.96. The van der Waals surface area contributed by atoms with Crippen LogP contribution in [0.25, 0.3) is 0 Å². The van der Waals surface area contributed by atoms with Crippen LogP contribution in [-0.4, -0.2) is 21.9 Å². The molecule has 0 spiro atoms. The third kappa shape index (κ3) is 2.37. The first kappa shape index (κ1) is 13.7. The molecule has 7 heteroatoms. The van der Waals surface area contributed by atoms with Gasteiger partial charge in [-0.2, -0.15) is 4.98 Å². The van der Waals surface area contributed by atoms with Crippen LogP contribution in [0, 0.1) is 0 Å². The molecule has 106 valence electrons. The third-order valence-corrected chi connectivity index (χ3v) is 3.95. The van der Waals surface area contributed by atoms with Crippen LogP contribution in [0.15, 0.2) is 18.2 Å². The van der Waals surface area contributed by atoms with E-state index in [1.807, 2.05) is 16.8 Å². The third-order valence-electron chi connectivity index (χ3n) is 3.51. The van der Waals surface area contributed by atoms with Crippen molar-refractivity contribution in [1.29, 1.82) is 0 Å². The quantitative estimate of drug-likeness (QED) is 0.924. The van der Waals surface area contributed by atoms with Crippen molar-refractivity contribution in [2.75, 3.05) is 12.8 Å². The number of fused-ring (bicyclic) bond motifs is 1. The van der Waals surface area contributed by atoms with E-state index in [1.165, 1.54) is 0 Å². The minimum Gasteiger partial charge on any atom is -0.373 e. The van der Waals surface area contributed by atoms with Gasteiger partial charge < -0.3 is 10.5 Å². The van der Waals surface area contributed by atoms with E-state index in [0.29, 0.717) is 10.0 Å². The number of nitrogen functional groups attached to an aromatic ring is 1. The van der Waals surface area contributed by atoms with E-state index in [1.54, 1.807) is 13.2 Å². The van der Waals surface area contributed by atoms with Gasteiger partial charge in [0.05, 0.1) is 6.04 Å². The van der Waals surface area contributed by atoms with Crippen molar-refractivity contribution < 1.29 is 4.74 Å². The average molecular weight is 313 g/mol. The van der Waals surface area contributed by atoms with E-state index in [4.69, 9.17) is 33.7 Å². The van der Waals surface area contributed by atoms with Crippen molar-refractivity contribution >= 4 is 29.2 Å². The predicted molar refractivity (Wildman–Crippen MR) is 78.0 cm³/mol. The Labute approximate surface area is 126 Å². The molecule has 1 aromatic heterocycles. The number of rotatable bonds is 2. The number of nitrogens with zero attached hydrogens (tertiary/aromatic N) is 3. The number of hydrogen-bond acceptors (Lipinski definition) is 4. The molecular formula is C13H14Cl2N4O. The highest BCUT2D eigenvalue weighted by Crippen LogP contribution is 2.37. The van der Waals surface area contributed by atoms with E-state index in [2.05, 4.69) is 10.1 Å². The van der Waals surface area contributed by atoms with Gasteiger partial charge in [0, 0.05) is 17.2 Å². The first-order valence-electron chi connectivity index (χ1n) is 6.29. The highest BCUT2D eigenvalue weighted by atomic mass is 35.5. The van der Waals surface area contributed by atoms with Gasteiger partial charge in [-0.3, -0.25) is 0 Å². The van der Waals surface area contributed by atoms with Crippen LogP contribution in [0.2, 0.25) is 10.0 Å². The standard InChI is InChI=1S/C13H14Cl2N4O/c1-20-11-3-2-10(19-12(11)17-13(16)18-19)7-4-8(14)6-9(15)5-7/h4-6,10-11H,2-3H2,1H3,(H2,16,18). The number of ether oxygens (including phenoxy) is 1. The Bertz CT molecular complexity index is 623. The molecule has 0 bridgehead atoms. The molecule has 3 rings (SSSR count). The summed E-state index contributed by atoms with van der Waals surface area (Å²) in [5.74, 6) is 0.999. The number of anilines is 1. The molecular weight excluding hydrogens is 299 g/mol. The zero-order chi connectivity index (χ0) is 14.3. The van der Waals surface area contributed by atoms with Crippen molar-refractivity contribution in [1.82, 2.24) is 14.8 Å². The molecule has 5 nitrogen and oxygen atoms in total. The smallest absolute Gasteiger partial charge is 0.239 e. The second-order valence-corrected chi connectivity index (χ2v) is 5.67. The van der Waals surface area contributed by atoms with Crippen molar-refractivity contribution in [2.45, 2.75) is 25.0 Å². The van der Waals surface area contributed by atoms with E-state index in [9.17, 15) is 0 Å². The number of halogens is 2. The maximum absolute atomic E-state index is 6.08. The zero-order valence-corrected chi connectivity index (χ0v) is 12.4. The summed E-state index contributed by atoms with van der Waals surface area (Å²) >= 11 is 12.2. The highest BCUT2D eigenvalue weighted by molar-refractivity contribution is 6.34. The molecule has 2 N–H and O–H groups in total. The largest absolute Gasteiger partial charge is 0.373 e. The van der Waals surface area contributed by atoms with E-state index >= 15 is 0 Å². The monoisotopic (exact) mass is 312 g/mol. The first-order chi connectivity index (χ1) is 9.58. The normalized spacial score (nSPS) is 21.8. The fourth-order valence-corrected chi connectivity index (χ4v) is 3.20. The second-order valence-electron chi connectivity index (χ2n) is 4.79. The Balaban J connectivity index is 2.07. The molecule has 1 aromatic carbocycles. The van der Waals surface area contributed by atoms with Crippen LogP contribution in [0.3, 0.4) is 0 Å². The van der Waals surface area contributed by atoms with Crippen LogP contribution < -0.4 is 5.73 Å². The number of hydrogen-bond donors (Lipinski definition) is 1. The molecule has 0 fully saturated rings. The average Bonchev–Trinajstić information content (AvgIpc) is 2.77. The topological polar surface area (TPSA) is 66.0 Å². The molecule has 2 heterocycles. The molecule has 2 atom stereocenters. The molecule has 0 radical (unpaired) electrons. The Morgan fingerprint density at radius 2 is 1.95 bits per heavy atom. The Hall–Kier alpha value is -1.30. The second kappa shape index (κ2) is 5.24. The molecule has 1 aliphatic heterocycles. The number of nitrogens with two attached hydrogens (primary N) is 1. The van der Waals surface area contributed by atoms with Crippen molar-refractivity contribution in [3.8, 4) is 0 Å². The van der Waals surface area contributed by atoms with Crippen LogP contribution in [-0.2, 0) is 4.74 Å². The van der Waals surface area contributed by atoms with E-state index in [-0.39, 0.29) is 18.1 Å². The minimum atomic E-state index is -0.0780. The summed E-state index contributed by atoms with van der Waals surface area (Å²) in [6, 6.07) is 5.53.